The zero-order chi connectivity index (χ0) is 15.6. The summed E-state index contributed by atoms with van der Waals surface area (Å²) in [5.41, 5.74) is 1.48. The first-order valence-electron chi connectivity index (χ1n) is 9.15. The van der Waals surface area contributed by atoms with Gasteiger partial charge in [0.05, 0.1) is 0 Å². The van der Waals surface area contributed by atoms with Crippen molar-refractivity contribution in [2.45, 2.75) is 70.9 Å². The molecule has 138 valence electrons. The summed E-state index contributed by atoms with van der Waals surface area (Å²) in [6.07, 6.45) is 19.7. The molecule has 0 N–H and O–H groups in total. The van der Waals surface area contributed by atoms with Crippen LogP contribution in [0.4, 0.5) is 0 Å². The van der Waals surface area contributed by atoms with Crippen molar-refractivity contribution in [1.29, 1.82) is 0 Å². The van der Waals surface area contributed by atoms with Gasteiger partial charge in [-0.2, -0.15) is 0 Å². The molecule has 0 saturated carbocycles. The minimum Gasteiger partial charge on any atom is -1.00 e. The Balaban J connectivity index is 0.00000264. The van der Waals surface area contributed by atoms with Crippen LogP contribution in [-0.2, 0) is 6.54 Å². The van der Waals surface area contributed by atoms with Crippen LogP contribution < -0.4 is 21.5 Å². The Bertz CT molecular complexity index is 463. The van der Waals surface area contributed by atoms with Gasteiger partial charge in [0.2, 0.25) is 0 Å². The Kier molecular flexibility index (Phi) is 13.9. The molecule has 24 heavy (non-hydrogen) atoms. The fourth-order valence-electron chi connectivity index (χ4n) is 3.35. The molecule has 0 amide bonds. The molecule has 1 aromatic rings. The molecule has 1 aliphatic heterocycles. The number of halogens is 2. The maximum Gasteiger partial charge on any atom is 0.173 e. The fraction of sp³-hybridized carbons (Fsp3) is 0.650. The Hall–Kier alpha value is -0.190. The second-order valence-electron chi connectivity index (χ2n) is 6.62. The quantitative estimate of drug-likeness (QED) is 0.310. The molecule has 1 fully saturated rings. The maximum absolute atomic E-state index is 2.48. The van der Waals surface area contributed by atoms with Gasteiger partial charge in [0.15, 0.2) is 12.4 Å². The van der Waals surface area contributed by atoms with Crippen LogP contribution in [-0.4, -0.2) is 18.5 Å². The van der Waals surface area contributed by atoms with Gasteiger partial charge >= 0.3 is 0 Å². The van der Waals surface area contributed by atoms with Gasteiger partial charge in [-0.3, -0.25) is 4.90 Å². The lowest BCUT2D eigenvalue weighted by molar-refractivity contribution is -0.697. The predicted octanol–water partition coefficient (Wildman–Crippen LogP) is 2.24. The lowest BCUT2D eigenvalue weighted by Gasteiger charge is -2.18. The summed E-state index contributed by atoms with van der Waals surface area (Å²) >= 11 is 0. The van der Waals surface area contributed by atoms with Gasteiger partial charge in [-0.25, -0.2) is 4.57 Å². The summed E-state index contributed by atoms with van der Waals surface area (Å²) in [6, 6.07) is 5.13. The Morgan fingerprint density at radius 2 is 1.96 bits per heavy atom. The first kappa shape index (κ1) is 23.8. The van der Waals surface area contributed by atoms with Gasteiger partial charge in [-0.15, -0.1) is 17.0 Å². The highest BCUT2D eigenvalue weighted by Crippen LogP contribution is 2.29. The highest BCUT2D eigenvalue weighted by atomic mass is 79.9. The van der Waals surface area contributed by atoms with E-state index in [0.29, 0.717) is 6.04 Å². The Morgan fingerprint density at radius 3 is 2.62 bits per heavy atom. The lowest BCUT2D eigenvalue weighted by atomic mass is 10.1. The molecule has 1 saturated heterocycles. The third-order valence-corrected chi connectivity index (χ3v) is 4.71. The van der Waals surface area contributed by atoms with Crippen LogP contribution in [0.1, 0.15) is 69.9 Å². The van der Waals surface area contributed by atoms with Crippen molar-refractivity contribution >= 4 is 17.0 Å². The molecule has 2 heterocycles. The number of allylic oxidation sites excluding steroid dienone is 2. The number of hydrogen-bond acceptors (Lipinski definition) is 1. The average Bonchev–Trinajstić information content (AvgIpc) is 2.96. The molecule has 1 atom stereocenters. The van der Waals surface area contributed by atoms with Crippen molar-refractivity contribution in [1.82, 2.24) is 4.90 Å². The van der Waals surface area contributed by atoms with Crippen molar-refractivity contribution in [3.63, 3.8) is 0 Å². The molecule has 0 radical (unpaired) electrons. The van der Waals surface area contributed by atoms with Crippen molar-refractivity contribution < 1.29 is 21.5 Å². The van der Waals surface area contributed by atoms with E-state index in [9.17, 15) is 0 Å². The van der Waals surface area contributed by atoms with Crippen LogP contribution >= 0.6 is 17.0 Å². The SMILES string of the molecule is Br.CCCCCC=CCCC[n+]1cccc(C2CCCN2C)c1.[Br-]. The van der Waals surface area contributed by atoms with E-state index in [2.05, 4.69) is 60.1 Å². The van der Waals surface area contributed by atoms with Crippen LogP contribution in [0.5, 0.6) is 0 Å². The number of aromatic nitrogens is 1. The highest BCUT2D eigenvalue weighted by molar-refractivity contribution is 8.93. The molecule has 1 aromatic heterocycles. The third kappa shape index (κ3) is 8.26. The molecular weight excluding hydrogens is 428 g/mol. The molecule has 1 unspecified atom stereocenters. The predicted molar refractivity (Wildman–Crippen MR) is 104 cm³/mol. The summed E-state index contributed by atoms with van der Waals surface area (Å²) in [6.45, 7) is 4.63. The van der Waals surface area contributed by atoms with Crippen LogP contribution in [0.15, 0.2) is 36.7 Å². The molecule has 0 aromatic carbocycles. The van der Waals surface area contributed by atoms with Crippen LogP contribution in [0, 0.1) is 0 Å². The Labute approximate surface area is 169 Å². The smallest absolute Gasteiger partial charge is 0.173 e. The molecular formula is C20H34Br2N2. The van der Waals surface area contributed by atoms with Crippen LogP contribution in [0.2, 0.25) is 0 Å². The number of likely N-dealkylation sites (tertiary alicyclic amines) is 1. The number of nitrogens with zero attached hydrogens (tertiary/aromatic N) is 2. The summed E-state index contributed by atoms with van der Waals surface area (Å²) in [4.78, 5) is 2.48. The largest absolute Gasteiger partial charge is 1.00 e. The molecule has 2 nitrogen and oxygen atoms in total. The van der Waals surface area contributed by atoms with Crippen molar-refractivity contribution in [2.75, 3.05) is 13.6 Å². The molecule has 0 spiro atoms. The first-order chi connectivity index (χ1) is 10.8. The van der Waals surface area contributed by atoms with Crippen molar-refractivity contribution in [3.05, 3.63) is 42.2 Å². The number of pyridine rings is 1. The second-order valence-corrected chi connectivity index (χ2v) is 6.62. The number of rotatable bonds is 9. The molecule has 0 aliphatic carbocycles. The summed E-state index contributed by atoms with van der Waals surface area (Å²) < 4.78 is 2.37. The van der Waals surface area contributed by atoms with Crippen molar-refractivity contribution in [3.8, 4) is 0 Å². The number of aryl methyl sites for hydroxylation is 1. The van der Waals surface area contributed by atoms with Gasteiger partial charge in [-0.1, -0.05) is 31.9 Å². The first-order valence-corrected chi connectivity index (χ1v) is 9.15. The van der Waals surface area contributed by atoms with E-state index in [4.69, 9.17) is 0 Å². The Morgan fingerprint density at radius 1 is 1.21 bits per heavy atom. The summed E-state index contributed by atoms with van der Waals surface area (Å²) in [5, 5.41) is 0. The summed E-state index contributed by atoms with van der Waals surface area (Å²) in [5.74, 6) is 0. The average molecular weight is 462 g/mol. The lowest BCUT2D eigenvalue weighted by Crippen LogP contribution is -3.00. The van der Waals surface area contributed by atoms with E-state index in [1.54, 1.807) is 0 Å². The molecule has 0 bridgehead atoms. The fourth-order valence-corrected chi connectivity index (χ4v) is 3.35. The van der Waals surface area contributed by atoms with Gasteiger partial charge in [-0.05, 0) is 51.8 Å². The monoisotopic (exact) mass is 460 g/mol. The second kappa shape index (κ2) is 14.0. The number of hydrogen-bond donors (Lipinski definition) is 0. The van der Waals surface area contributed by atoms with Gasteiger partial charge in [0, 0.05) is 24.1 Å². The third-order valence-electron chi connectivity index (χ3n) is 4.71. The van der Waals surface area contributed by atoms with E-state index < -0.39 is 0 Å². The van der Waals surface area contributed by atoms with Gasteiger partial charge in [0.1, 0.15) is 6.54 Å². The van der Waals surface area contributed by atoms with E-state index in [-0.39, 0.29) is 34.0 Å². The highest BCUT2D eigenvalue weighted by Gasteiger charge is 2.24. The molecule has 2 rings (SSSR count). The van der Waals surface area contributed by atoms with E-state index in [1.807, 2.05) is 0 Å². The van der Waals surface area contributed by atoms with Crippen molar-refractivity contribution in [2.24, 2.45) is 0 Å². The molecule has 4 heteroatoms. The normalized spacial score (nSPS) is 17.7. The topological polar surface area (TPSA) is 7.12 Å². The molecule has 1 aliphatic rings. The van der Waals surface area contributed by atoms with E-state index in [1.165, 1.54) is 63.5 Å². The van der Waals surface area contributed by atoms with Crippen LogP contribution in [0.3, 0.4) is 0 Å². The zero-order valence-corrected chi connectivity index (χ0v) is 18.6. The standard InChI is InChI=1S/C20H33N2.2BrH/c1-3-4-5-6-7-8-9-10-16-22-17-11-13-19(18-22)20-14-12-15-21(20)2;;/h7-8,11,13,17-18,20H,3-6,9-10,12,14-16H2,1-2H3;2*1H/q+1;;/p-1. The van der Waals surface area contributed by atoms with Gasteiger partial charge in [0.25, 0.3) is 0 Å². The zero-order valence-electron chi connectivity index (χ0n) is 15.3. The maximum atomic E-state index is 2.48. The van der Waals surface area contributed by atoms with Gasteiger partial charge < -0.3 is 17.0 Å². The minimum absolute atomic E-state index is 0. The van der Waals surface area contributed by atoms with E-state index >= 15 is 0 Å². The minimum atomic E-state index is 0. The van der Waals surface area contributed by atoms with Crippen LogP contribution in [0.25, 0.3) is 0 Å². The number of unbranched alkanes of at least 4 members (excludes halogenated alkanes) is 4. The van der Waals surface area contributed by atoms with E-state index in [0.717, 1.165) is 6.54 Å². The summed E-state index contributed by atoms with van der Waals surface area (Å²) in [7, 11) is 2.25.